The topological polar surface area (TPSA) is 12.0 Å². The van der Waals surface area contributed by atoms with E-state index in [9.17, 15) is 0 Å². The molecule has 0 fully saturated rings. The molecule has 0 bridgehead atoms. The first-order valence-electron chi connectivity index (χ1n) is 25.6. The van der Waals surface area contributed by atoms with Gasteiger partial charge < -0.3 is 5.32 Å². The van der Waals surface area contributed by atoms with Crippen LogP contribution < -0.4 is 5.32 Å². The lowest BCUT2D eigenvalue weighted by Crippen LogP contribution is -2.31. The van der Waals surface area contributed by atoms with Gasteiger partial charge in [0, 0.05) is 25.9 Å². The third kappa shape index (κ3) is 47.7. The Morgan fingerprint density at radius 3 is 0.930 bits per heavy atom. The summed E-state index contributed by atoms with van der Waals surface area (Å²) >= 11 is 21.5. The van der Waals surface area contributed by atoms with Crippen LogP contribution in [0.25, 0.3) is 0 Å². The highest BCUT2D eigenvalue weighted by atomic mass is 32.2. The van der Waals surface area contributed by atoms with Crippen LogP contribution in [-0.2, 0) is 0 Å². The molecular formula is C51H99NS5. The average Bonchev–Trinajstić information content (AvgIpc) is 3.21. The van der Waals surface area contributed by atoms with Crippen LogP contribution in [0.1, 0.15) is 290 Å². The SMILES string of the molecule is CCCCCCCCCCCCCCCC(=S)NCC(CSC(=S)CCCCCCCCCCCCCCC)SC(=S)CCCCCCCCCCCCCCC. The first kappa shape index (κ1) is 57.8. The number of rotatable bonds is 47. The summed E-state index contributed by atoms with van der Waals surface area (Å²) in [6, 6.07) is 0. The molecule has 338 valence electrons. The summed E-state index contributed by atoms with van der Waals surface area (Å²) in [5.41, 5.74) is 0. The highest BCUT2D eigenvalue weighted by molar-refractivity contribution is 8.26. The monoisotopic (exact) mass is 886 g/mol. The predicted molar refractivity (Wildman–Crippen MR) is 281 cm³/mol. The lowest BCUT2D eigenvalue weighted by molar-refractivity contribution is 0.540. The lowest BCUT2D eigenvalue weighted by atomic mass is 10.0. The first-order valence-corrected chi connectivity index (χ1v) is 28.7. The van der Waals surface area contributed by atoms with E-state index in [1.54, 1.807) is 0 Å². The quantitative estimate of drug-likeness (QED) is 0.0479. The second kappa shape index (κ2) is 49.4. The number of hydrogen-bond donors (Lipinski definition) is 1. The summed E-state index contributed by atoms with van der Waals surface area (Å²) in [6.45, 7) is 7.82. The summed E-state index contributed by atoms with van der Waals surface area (Å²) in [5.74, 6) is 1.04. The Morgan fingerprint density at radius 2 is 0.614 bits per heavy atom. The van der Waals surface area contributed by atoms with E-state index in [2.05, 4.69) is 26.1 Å². The van der Waals surface area contributed by atoms with Gasteiger partial charge in [-0.05, 0) is 38.5 Å². The highest BCUT2D eigenvalue weighted by Crippen LogP contribution is 2.25. The third-order valence-corrected chi connectivity index (χ3v) is 15.6. The summed E-state index contributed by atoms with van der Waals surface area (Å²) in [4.78, 5) is 1.05. The summed E-state index contributed by atoms with van der Waals surface area (Å²) in [6.07, 6.45) is 57.6. The number of thioether (sulfide) groups is 2. The molecule has 0 radical (unpaired) electrons. The maximum atomic E-state index is 5.97. The number of hydrogen-bond acceptors (Lipinski definition) is 5. The van der Waals surface area contributed by atoms with Crippen LogP contribution in [-0.4, -0.2) is 30.9 Å². The zero-order valence-electron chi connectivity index (χ0n) is 38.7. The molecule has 1 N–H and O–H groups in total. The van der Waals surface area contributed by atoms with Crippen molar-refractivity contribution in [1.29, 1.82) is 0 Å². The van der Waals surface area contributed by atoms with Gasteiger partial charge in [-0.2, -0.15) is 0 Å². The van der Waals surface area contributed by atoms with E-state index in [0.29, 0.717) is 5.25 Å². The number of thiocarbonyl (C=S) groups is 3. The van der Waals surface area contributed by atoms with Crippen molar-refractivity contribution >= 4 is 73.6 Å². The number of nitrogens with one attached hydrogen (secondary N) is 1. The second-order valence-electron chi connectivity index (χ2n) is 17.6. The van der Waals surface area contributed by atoms with Crippen LogP contribution in [0.5, 0.6) is 0 Å². The van der Waals surface area contributed by atoms with Crippen LogP contribution in [0.15, 0.2) is 0 Å². The van der Waals surface area contributed by atoms with Crippen LogP contribution in [0.2, 0.25) is 0 Å². The van der Waals surface area contributed by atoms with Crippen molar-refractivity contribution in [3.63, 3.8) is 0 Å². The summed E-state index contributed by atoms with van der Waals surface area (Å²) in [7, 11) is 0. The van der Waals surface area contributed by atoms with Gasteiger partial charge in [-0.3, -0.25) is 0 Å². The molecule has 0 aliphatic rings. The van der Waals surface area contributed by atoms with Crippen molar-refractivity contribution in [3.05, 3.63) is 0 Å². The third-order valence-electron chi connectivity index (χ3n) is 11.7. The van der Waals surface area contributed by atoms with Crippen molar-refractivity contribution in [2.24, 2.45) is 0 Å². The molecule has 0 aliphatic heterocycles. The number of unbranched alkanes of at least 4 members (excludes halogenated alkanes) is 36. The molecule has 1 atom stereocenters. The fourth-order valence-electron chi connectivity index (χ4n) is 7.83. The molecule has 0 heterocycles. The highest BCUT2D eigenvalue weighted by Gasteiger charge is 2.15. The second-order valence-corrected chi connectivity index (χ2v) is 22.1. The van der Waals surface area contributed by atoms with Crippen molar-refractivity contribution < 1.29 is 0 Å². The minimum absolute atomic E-state index is 0.429. The maximum Gasteiger partial charge on any atom is 0.0753 e. The van der Waals surface area contributed by atoms with Gasteiger partial charge in [-0.15, -0.1) is 23.5 Å². The van der Waals surface area contributed by atoms with Gasteiger partial charge in [0.2, 0.25) is 0 Å². The minimum atomic E-state index is 0.429. The van der Waals surface area contributed by atoms with Gasteiger partial charge in [0.25, 0.3) is 0 Å². The fourth-order valence-corrected chi connectivity index (χ4v) is 11.0. The summed E-state index contributed by atoms with van der Waals surface area (Å²) in [5, 5.41) is 4.09. The van der Waals surface area contributed by atoms with E-state index >= 15 is 0 Å². The molecule has 1 nitrogen and oxygen atoms in total. The van der Waals surface area contributed by atoms with Gasteiger partial charge in [0.15, 0.2) is 0 Å². The standard InChI is InChI=1S/C51H99NS5/c1-4-7-10-13-16-19-22-25-28-31-34-37-40-43-49(53)52-46-48(57-51(55)45-42-39-36-33-30-27-24-21-18-15-12-9-6-3)47-56-50(54)44-41-38-35-32-29-26-23-20-17-14-11-8-5-2/h48H,4-47H2,1-3H3,(H,52,53). The molecule has 0 saturated carbocycles. The van der Waals surface area contributed by atoms with E-state index in [1.165, 1.54) is 259 Å². The van der Waals surface area contributed by atoms with Crippen LogP contribution in [0.3, 0.4) is 0 Å². The molecule has 0 saturated heterocycles. The molecule has 0 aromatic carbocycles. The molecule has 0 rings (SSSR count). The molecule has 0 aromatic rings. The molecule has 0 amide bonds. The minimum Gasteiger partial charge on any atom is -0.379 e. The van der Waals surface area contributed by atoms with Gasteiger partial charge in [0.1, 0.15) is 0 Å². The first-order chi connectivity index (χ1) is 28.0. The van der Waals surface area contributed by atoms with Crippen LogP contribution in [0, 0.1) is 0 Å². The van der Waals surface area contributed by atoms with E-state index in [4.69, 9.17) is 36.7 Å². The Morgan fingerprint density at radius 1 is 0.351 bits per heavy atom. The predicted octanol–water partition coefficient (Wildman–Crippen LogP) is 19.8. The molecule has 6 heteroatoms. The van der Waals surface area contributed by atoms with E-state index in [0.717, 1.165) is 36.5 Å². The fraction of sp³-hybridized carbons (Fsp3) is 0.941. The molecule has 0 spiro atoms. The van der Waals surface area contributed by atoms with Gasteiger partial charge >= 0.3 is 0 Å². The van der Waals surface area contributed by atoms with Gasteiger partial charge in [-0.1, -0.05) is 289 Å². The van der Waals surface area contributed by atoms with E-state index < -0.39 is 0 Å². The summed E-state index contributed by atoms with van der Waals surface area (Å²) < 4.78 is 2.39. The Hall–Kier alpha value is 0.770. The zero-order valence-corrected chi connectivity index (χ0v) is 42.8. The van der Waals surface area contributed by atoms with E-state index in [1.807, 2.05) is 23.5 Å². The Balaban J connectivity index is 4.31. The van der Waals surface area contributed by atoms with Crippen molar-refractivity contribution in [1.82, 2.24) is 5.32 Å². The normalized spacial score (nSPS) is 12.0. The van der Waals surface area contributed by atoms with Crippen LogP contribution in [0.4, 0.5) is 0 Å². The molecule has 0 aromatic heterocycles. The molecular weight excluding hydrogens is 787 g/mol. The van der Waals surface area contributed by atoms with E-state index in [-0.39, 0.29) is 0 Å². The van der Waals surface area contributed by atoms with Gasteiger partial charge in [0.05, 0.1) is 4.99 Å². The van der Waals surface area contributed by atoms with Crippen molar-refractivity contribution in [2.75, 3.05) is 12.3 Å². The Labute approximate surface area is 384 Å². The Bertz CT molecular complexity index is 801. The smallest absolute Gasteiger partial charge is 0.0753 e. The largest absolute Gasteiger partial charge is 0.379 e. The molecule has 0 aliphatic carbocycles. The zero-order chi connectivity index (χ0) is 41.5. The van der Waals surface area contributed by atoms with Crippen molar-refractivity contribution in [3.8, 4) is 0 Å². The van der Waals surface area contributed by atoms with Crippen molar-refractivity contribution in [2.45, 2.75) is 296 Å². The lowest BCUT2D eigenvalue weighted by Gasteiger charge is -2.19. The molecule has 57 heavy (non-hydrogen) atoms. The Kier molecular flexibility index (Phi) is 50.1. The maximum absolute atomic E-state index is 5.97. The molecule has 1 unspecified atom stereocenters. The van der Waals surface area contributed by atoms with Gasteiger partial charge in [-0.25, -0.2) is 0 Å². The van der Waals surface area contributed by atoms with Crippen LogP contribution >= 0.6 is 60.2 Å². The average molecular weight is 887 g/mol.